The molecule has 2 aliphatic rings. The van der Waals surface area contributed by atoms with Gasteiger partial charge in [-0.05, 0) is 30.5 Å². The number of amides is 1. The van der Waals surface area contributed by atoms with Crippen LogP contribution in [0.15, 0.2) is 60.2 Å². The molecule has 0 aliphatic carbocycles. The van der Waals surface area contributed by atoms with Crippen LogP contribution in [-0.4, -0.2) is 41.0 Å². The second kappa shape index (κ2) is 7.78. The van der Waals surface area contributed by atoms with Gasteiger partial charge in [-0.3, -0.25) is 9.59 Å². The van der Waals surface area contributed by atoms with E-state index in [2.05, 4.69) is 0 Å². The first-order valence-electron chi connectivity index (χ1n) is 9.27. The molecule has 0 bridgehead atoms. The Morgan fingerprint density at radius 3 is 2.46 bits per heavy atom. The van der Waals surface area contributed by atoms with Crippen molar-refractivity contribution in [1.82, 2.24) is 4.90 Å². The van der Waals surface area contributed by atoms with Crippen molar-refractivity contribution < 1.29 is 19.4 Å². The summed E-state index contributed by atoms with van der Waals surface area (Å²) in [4.78, 5) is 27.2. The summed E-state index contributed by atoms with van der Waals surface area (Å²) in [7, 11) is 0. The first kappa shape index (κ1) is 18.7. The Morgan fingerprint density at radius 1 is 1.11 bits per heavy atom. The van der Waals surface area contributed by atoms with Gasteiger partial charge < -0.3 is 14.7 Å². The van der Waals surface area contributed by atoms with E-state index in [-0.39, 0.29) is 17.4 Å². The van der Waals surface area contributed by atoms with Crippen molar-refractivity contribution in [2.75, 3.05) is 13.2 Å². The van der Waals surface area contributed by atoms with Gasteiger partial charge in [0.1, 0.15) is 5.76 Å². The van der Waals surface area contributed by atoms with E-state index in [1.165, 1.54) is 4.90 Å². The van der Waals surface area contributed by atoms with Gasteiger partial charge in [-0.15, -0.1) is 0 Å². The largest absolute Gasteiger partial charge is 0.507 e. The van der Waals surface area contributed by atoms with Crippen LogP contribution in [0.2, 0.25) is 5.02 Å². The molecule has 1 N–H and O–H groups in total. The maximum atomic E-state index is 12.9. The molecule has 2 saturated heterocycles. The zero-order valence-corrected chi connectivity index (χ0v) is 15.9. The first-order chi connectivity index (χ1) is 13.6. The van der Waals surface area contributed by atoms with Crippen LogP contribution in [0.5, 0.6) is 0 Å². The number of likely N-dealkylation sites (tertiary alicyclic amines) is 1. The lowest BCUT2D eigenvalue weighted by molar-refractivity contribution is -0.140. The third-order valence-electron chi connectivity index (χ3n) is 5.20. The highest BCUT2D eigenvalue weighted by atomic mass is 35.5. The SMILES string of the molecule is O=C1C(=O)N(C[C@@H]2CCCO2)[C@@H](c2ccc(Cl)cc2)C1=C(O)c1ccccc1. The molecule has 2 aromatic rings. The van der Waals surface area contributed by atoms with Crippen LogP contribution in [0.3, 0.4) is 0 Å². The summed E-state index contributed by atoms with van der Waals surface area (Å²) in [6, 6.07) is 15.1. The second-order valence-electron chi connectivity index (χ2n) is 7.00. The third-order valence-corrected chi connectivity index (χ3v) is 5.45. The van der Waals surface area contributed by atoms with Crippen LogP contribution in [-0.2, 0) is 14.3 Å². The van der Waals surface area contributed by atoms with Crippen LogP contribution in [0.25, 0.3) is 5.76 Å². The lowest BCUT2D eigenvalue weighted by Gasteiger charge is -2.27. The van der Waals surface area contributed by atoms with Crippen LogP contribution >= 0.6 is 11.6 Å². The molecule has 0 spiro atoms. The van der Waals surface area contributed by atoms with Crippen LogP contribution < -0.4 is 0 Å². The normalized spacial score (nSPS) is 24.1. The number of halogens is 1. The molecule has 0 radical (unpaired) electrons. The minimum absolute atomic E-state index is 0.0940. The number of carbonyl (C=O) groups is 2. The zero-order chi connectivity index (χ0) is 19.7. The minimum atomic E-state index is -0.681. The standard InChI is InChI=1S/C22H20ClNO4/c23-16-10-8-14(9-11-16)19-18(20(25)15-5-2-1-3-6-15)21(26)22(27)24(19)13-17-7-4-12-28-17/h1-3,5-6,8-11,17,19,25H,4,7,12-13H2/t17-,19-/m0/s1. The van der Waals surface area contributed by atoms with E-state index in [1.807, 2.05) is 6.07 Å². The van der Waals surface area contributed by atoms with E-state index in [0.717, 1.165) is 18.4 Å². The monoisotopic (exact) mass is 397 g/mol. The van der Waals surface area contributed by atoms with E-state index in [0.29, 0.717) is 23.7 Å². The molecule has 2 aliphatic heterocycles. The summed E-state index contributed by atoms with van der Waals surface area (Å²) >= 11 is 6.02. The number of carbonyl (C=O) groups excluding carboxylic acids is 2. The van der Waals surface area contributed by atoms with Gasteiger partial charge in [0.05, 0.1) is 17.7 Å². The quantitative estimate of drug-likeness (QED) is 0.482. The lowest BCUT2D eigenvalue weighted by Crippen LogP contribution is -2.36. The van der Waals surface area contributed by atoms with Crippen LogP contribution in [0, 0.1) is 0 Å². The summed E-state index contributed by atoms with van der Waals surface area (Å²) in [5, 5.41) is 11.5. The van der Waals surface area contributed by atoms with E-state index in [9.17, 15) is 14.7 Å². The Bertz CT molecular complexity index is 917. The molecule has 2 fully saturated rings. The third kappa shape index (κ3) is 3.43. The van der Waals surface area contributed by atoms with Crippen molar-refractivity contribution in [1.29, 1.82) is 0 Å². The van der Waals surface area contributed by atoms with Crippen molar-refractivity contribution in [2.45, 2.75) is 25.0 Å². The second-order valence-corrected chi connectivity index (χ2v) is 7.44. The molecule has 2 heterocycles. The Hall–Kier alpha value is -2.63. The highest BCUT2D eigenvalue weighted by molar-refractivity contribution is 6.46. The van der Waals surface area contributed by atoms with Crippen molar-refractivity contribution in [3.63, 3.8) is 0 Å². The highest BCUT2D eigenvalue weighted by Gasteiger charge is 2.46. The smallest absolute Gasteiger partial charge is 0.295 e. The number of ether oxygens (including phenoxy) is 1. The summed E-state index contributed by atoms with van der Waals surface area (Å²) in [5.41, 5.74) is 1.31. The number of Topliss-reactive ketones (excluding diaryl/α,β-unsaturated/α-hetero) is 1. The fourth-order valence-corrected chi connectivity index (χ4v) is 3.95. The molecule has 4 rings (SSSR count). The van der Waals surface area contributed by atoms with Crippen LogP contribution in [0.1, 0.15) is 30.0 Å². The summed E-state index contributed by atoms with van der Waals surface area (Å²) < 4.78 is 5.68. The van der Waals surface area contributed by atoms with Crippen molar-refractivity contribution in [3.05, 3.63) is 76.3 Å². The number of rotatable bonds is 4. The Morgan fingerprint density at radius 2 is 1.82 bits per heavy atom. The van der Waals surface area contributed by atoms with Gasteiger partial charge in [0.25, 0.3) is 11.7 Å². The number of ketones is 1. The molecule has 0 saturated carbocycles. The summed E-state index contributed by atoms with van der Waals surface area (Å²) in [6.07, 6.45) is 1.67. The number of nitrogens with zero attached hydrogens (tertiary/aromatic N) is 1. The zero-order valence-electron chi connectivity index (χ0n) is 15.2. The Kier molecular flexibility index (Phi) is 5.20. The summed E-state index contributed by atoms with van der Waals surface area (Å²) in [6.45, 7) is 0.966. The average molecular weight is 398 g/mol. The van der Waals surface area contributed by atoms with Crippen molar-refractivity contribution in [3.8, 4) is 0 Å². The molecule has 28 heavy (non-hydrogen) atoms. The fraction of sp³-hybridized carbons (Fsp3) is 0.273. The van der Waals surface area contributed by atoms with E-state index in [1.54, 1.807) is 48.5 Å². The molecule has 144 valence electrons. The molecule has 2 atom stereocenters. The molecular formula is C22H20ClNO4. The fourth-order valence-electron chi connectivity index (χ4n) is 3.82. The molecule has 2 aromatic carbocycles. The predicted octanol–water partition coefficient (Wildman–Crippen LogP) is 3.94. The number of aliphatic hydroxyl groups excluding tert-OH is 1. The number of hydrogen-bond acceptors (Lipinski definition) is 4. The topological polar surface area (TPSA) is 66.8 Å². The Labute approximate surface area is 168 Å². The van der Waals surface area contributed by atoms with Gasteiger partial charge in [0.2, 0.25) is 0 Å². The molecular weight excluding hydrogens is 378 g/mol. The maximum absolute atomic E-state index is 12.9. The predicted molar refractivity (Wildman–Crippen MR) is 106 cm³/mol. The minimum Gasteiger partial charge on any atom is -0.507 e. The number of benzene rings is 2. The van der Waals surface area contributed by atoms with Gasteiger partial charge in [0, 0.05) is 23.7 Å². The van der Waals surface area contributed by atoms with Crippen LogP contribution in [0.4, 0.5) is 0 Å². The molecule has 5 nitrogen and oxygen atoms in total. The molecule has 0 unspecified atom stereocenters. The van der Waals surface area contributed by atoms with E-state index in [4.69, 9.17) is 16.3 Å². The highest BCUT2D eigenvalue weighted by Crippen LogP contribution is 2.40. The van der Waals surface area contributed by atoms with Gasteiger partial charge >= 0.3 is 0 Å². The first-order valence-corrected chi connectivity index (χ1v) is 9.65. The van der Waals surface area contributed by atoms with Crippen molar-refractivity contribution >= 4 is 29.1 Å². The summed E-state index contributed by atoms with van der Waals surface area (Å²) in [5.74, 6) is -1.47. The van der Waals surface area contributed by atoms with Gasteiger partial charge in [-0.25, -0.2) is 0 Å². The van der Waals surface area contributed by atoms with Crippen molar-refractivity contribution in [2.24, 2.45) is 0 Å². The number of aliphatic hydroxyl groups is 1. The maximum Gasteiger partial charge on any atom is 0.295 e. The molecule has 1 amide bonds. The number of hydrogen-bond donors (Lipinski definition) is 1. The van der Waals surface area contributed by atoms with Gasteiger partial charge in [-0.1, -0.05) is 54.1 Å². The Balaban J connectivity index is 1.81. The molecule has 6 heteroatoms. The average Bonchev–Trinajstić information content (AvgIpc) is 3.31. The van der Waals surface area contributed by atoms with Gasteiger partial charge in [-0.2, -0.15) is 0 Å². The van der Waals surface area contributed by atoms with E-state index >= 15 is 0 Å². The lowest BCUT2D eigenvalue weighted by atomic mass is 9.95. The molecule has 0 aromatic heterocycles. The van der Waals surface area contributed by atoms with E-state index < -0.39 is 17.7 Å². The van der Waals surface area contributed by atoms with Gasteiger partial charge in [0.15, 0.2) is 0 Å².